The molecule has 20 nitrogen and oxygen atoms in total. The van der Waals surface area contributed by atoms with E-state index in [9.17, 15) is 48.3 Å². The van der Waals surface area contributed by atoms with E-state index in [4.69, 9.17) is 41.0 Å². The topological polar surface area (TPSA) is 280 Å². The minimum atomic E-state index is -1.64. The second-order valence-corrected chi connectivity index (χ2v) is 25.8. The van der Waals surface area contributed by atoms with Crippen LogP contribution in [0.25, 0.3) is 0 Å². The first-order chi connectivity index (χ1) is 41.0. The number of carbonyl (C=O) groups excluding carboxylic acids is 9. The molecule has 87 heavy (non-hydrogen) atoms. The molecule has 0 saturated carbocycles. The summed E-state index contributed by atoms with van der Waals surface area (Å²) in [6, 6.07) is 5.57. The third kappa shape index (κ3) is 19.7. The van der Waals surface area contributed by atoms with Gasteiger partial charge in [-0.15, -0.1) is 0 Å². The fourth-order valence-electron chi connectivity index (χ4n) is 11.2. The summed E-state index contributed by atoms with van der Waals surface area (Å²) in [5, 5.41) is 18.8. The van der Waals surface area contributed by atoms with Gasteiger partial charge >= 0.3 is 23.9 Å². The summed E-state index contributed by atoms with van der Waals surface area (Å²) in [5.41, 5.74) is 6.66. The zero-order valence-corrected chi connectivity index (χ0v) is 55.9. The molecule has 0 unspecified atom stereocenters. The van der Waals surface area contributed by atoms with Crippen molar-refractivity contribution < 1.29 is 71.9 Å². The van der Waals surface area contributed by atoms with E-state index in [2.05, 4.69) is 42.5 Å². The van der Waals surface area contributed by atoms with E-state index in [1.807, 2.05) is 45.9 Å². The number of epoxide rings is 1. The van der Waals surface area contributed by atoms with Gasteiger partial charge < -0.3 is 55.0 Å². The van der Waals surface area contributed by atoms with Crippen molar-refractivity contribution in [2.75, 3.05) is 49.9 Å². The first kappa shape index (κ1) is 72.2. The maximum atomic E-state index is 14.5. The van der Waals surface area contributed by atoms with Gasteiger partial charge in [-0.2, -0.15) is 0 Å². The number of urea groups is 1. The molecule has 3 heterocycles. The number of unbranched alkanes of at least 4 members (excludes halogenated alkanes) is 2. The molecule has 0 radical (unpaired) electrons. The van der Waals surface area contributed by atoms with Crippen molar-refractivity contribution in [2.45, 2.75) is 180 Å². The van der Waals surface area contributed by atoms with Crippen LogP contribution in [0, 0.1) is 37.5 Å². The van der Waals surface area contributed by atoms with Crippen molar-refractivity contribution >= 4 is 102 Å². The number of allylic oxidation sites excluding steroid dienone is 3. The first-order valence-corrected chi connectivity index (χ1v) is 32.4. The number of amides is 5. The van der Waals surface area contributed by atoms with Crippen molar-refractivity contribution in [3.63, 3.8) is 0 Å². The second-order valence-electron chi connectivity index (χ2n) is 24.1. The van der Waals surface area contributed by atoms with Crippen LogP contribution in [-0.2, 0) is 70.1 Å². The van der Waals surface area contributed by atoms with E-state index in [-0.39, 0.29) is 93.0 Å². The van der Waals surface area contributed by atoms with Crippen molar-refractivity contribution in [1.82, 2.24) is 15.5 Å². The number of benzene rings is 2. The molecule has 0 spiro atoms. The monoisotopic (exact) mass is 1360 g/mol. The highest BCUT2D eigenvalue weighted by atomic mass is 79.9. The fourth-order valence-corrected chi connectivity index (χ4v) is 13.0. The summed E-state index contributed by atoms with van der Waals surface area (Å²) in [4.78, 5) is 124. The fraction of sp³-hybridized carbons (Fsp3) is 0.609. The van der Waals surface area contributed by atoms with Crippen LogP contribution < -0.4 is 21.3 Å². The summed E-state index contributed by atoms with van der Waals surface area (Å²) in [5.74, 6) is -5.53. The number of nitrogens with two attached hydrogens (primary N) is 1. The van der Waals surface area contributed by atoms with Crippen LogP contribution in [-0.4, -0.2) is 156 Å². The minimum absolute atomic E-state index is 0.000544. The number of nitrogens with zero attached hydrogens (tertiary/aromatic N) is 2. The number of esters is 3. The van der Waals surface area contributed by atoms with E-state index in [1.54, 1.807) is 52.1 Å². The van der Waals surface area contributed by atoms with Gasteiger partial charge in [0.15, 0.2) is 5.78 Å². The number of Topliss-reactive ketones (excluding diaryl/α,β-unsaturated/α-hetero) is 2. The second kappa shape index (κ2) is 32.8. The van der Waals surface area contributed by atoms with Crippen LogP contribution in [0.2, 0.25) is 5.02 Å². The highest BCUT2D eigenvalue weighted by molar-refractivity contribution is 9.09. The molecule has 23 heteroatoms. The Bertz CT molecular complexity index is 2900. The molecule has 0 aliphatic carbocycles. The van der Waals surface area contributed by atoms with Gasteiger partial charge in [-0.3, -0.25) is 33.6 Å². The normalized spacial score (nSPS) is 24.3. The summed E-state index contributed by atoms with van der Waals surface area (Å²) in [6.45, 7) is 14.6. The summed E-state index contributed by atoms with van der Waals surface area (Å²) in [7, 11) is 4.48. The number of carbonyl (C=O) groups is 9. The number of ether oxygens (including phenoxy) is 5. The molecule has 4 bridgehead atoms. The smallest absolute Gasteiger partial charge is 0.328 e. The van der Waals surface area contributed by atoms with Gasteiger partial charge in [0.05, 0.1) is 48.2 Å². The van der Waals surface area contributed by atoms with Crippen molar-refractivity contribution in [2.24, 2.45) is 29.4 Å². The van der Waals surface area contributed by atoms with Crippen LogP contribution in [0.1, 0.15) is 138 Å². The van der Waals surface area contributed by atoms with Crippen LogP contribution >= 0.6 is 43.5 Å². The zero-order valence-electron chi connectivity index (χ0n) is 52.0. The summed E-state index contributed by atoms with van der Waals surface area (Å²) >= 11 is 13.5. The van der Waals surface area contributed by atoms with Gasteiger partial charge in [-0.25, -0.2) is 9.59 Å². The van der Waals surface area contributed by atoms with E-state index in [1.165, 1.54) is 36.9 Å². The Balaban J connectivity index is 1.31. The highest BCUT2D eigenvalue weighted by Gasteiger charge is 2.64. The molecule has 5 amide bonds. The number of hydrogen-bond donors (Lipinski definition) is 4. The zero-order chi connectivity index (χ0) is 64.7. The number of ketones is 2. The lowest BCUT2D eigenvalue weighted by atomic mass is 9.78. The molecule has 0 aromatic heterocycles. The van der Waals surface area contributed by atoms with Gasteiger partial charge in [0, 0.05) is 81.5 Å². The van der Waals surface area contributed by atoms with Crippen LogP contribution in [0.3, 0.4) is 0 Å². The number of nitrogens with one attached hydrogen (secondary N) is 2. The number of aryl methyl sites for hydroxylation is 2. The maximum Gasteiger partial charge on any atom is 0.328 e. The number of methoxy groups -OCH3 is 1. The predicted octanol–water partition coefficient (Wildman–Crippen LogP) is 8.47. The van der Waals surface area contributed by atoms with Gasteiger partial charge in [-0.05, 0) is 120 Å². The van der Waals surface area contributed by atoms with E-state index >= 15 is 0 Å². The van der Waals surface area contributed by atoms with Crippen LogP contribution in [0.5, 0.6) is 0 Å². The number of anilines is 1. The quantitative estimate of drug-likeness (QED) is 0.0226. The SMILES string of the molecule is CO[C@@H]1/C=C/C=C(\C)Cc2cc(C)c(Cl)c(c2)N(C)C(=O)C[C@H](OC(=O)[C@H](C)N(C)C(=O)c2ccc(CC(=O)[C@H](CCCNC(N)=O)NC(=O)[C@@H](CC(=O)CCCCCOC(=O)C(CBr)CBr)C(C)C)c(C)c2)[C@]2(C)O[C@H]2[C@H](C)[C@@H]2C[C@@]1(O)CC(=O)O2. The molecule has 480 valence electrons. The molecule has 2 aromatic rings. The first-order valence-electron chi connectivity index (χ1n) is 29.7. The van der Waals surface area contributed by atoms with Crippen molar-refractivity contribution in [3.8, 4) is 0 Å². The number of rotatable bonds is 26. The Morgan fingerprint density at radius 3 is 2.32 bits per heavy atom. The van der Waals surface area contributed by atoms with Gasteiger partial charge in [0.25, 0.3) is 5.91 Å². The van der Waals surface area contributed by atoms with Gasteiger partial charge in [0.1, 0.15) is 41.3 Å². The Labute approximate surface area is 533 Å². The van der Waals surface area contributed by atoms with Crippen molar-refractivity contribution in [1.29, 1.82) is 0 Å². The Kier molecular flexibility index (Phi) is 27.2. The maximum absolute atomic E-state index is 14.5. The lowest BCUT2D eigenvalue weighted by Gasteiger charge is -2.41. The van der Waals surface area contributed by atoms with Crippen LogP contribution in [0.4, 0.5) is 10.5 Å². The number of halogens is 3. The molecular weight excluding hydrogens is 1270 g/mol. The number of aliphatic hydroxyl groups is 1. The van der Waals surface area contributed by atoms with Gasteiger partial charge in [-0.1, -0.05) is 100 Å². The minimum Gasteiger partial charge on any atom is -0.465 e. The molecule has 3 aliphatic heterocycles. The lowest BCUT2D eigenvalue weighted by Crippen LogP contribution is -2.53. The number of alkyl halides is 2. The molecule has 10 atom stereocenters. The predicted molar refractivity (Wildman–Crippen MR) is 337 cm³/mol. The van der Waals surface area contributed by atoms with E-state index < -0.39 is 95.2 Å². The Morgan fingerprint density at radius 2 is 1.68 bits per heavy atom. The van der Waals surface area contributed by atoms with Crippen LogP contribution in [0.15, 0.2) is 54.1 Å². The summed E-state index contributed by atoms with van der Waals surface area (Å²) in [6.07, 6.45) is 3.77. The molecule has 2 saturated heterocycles. The summed E-state index contributed by atoms with van der Waals surface area (Å²) < 4.78 is 29.6. The number of primary amides is 1. The largest absolute Gasteiger partial charge is 0.465 e. The molecule has 3 aliphatic rings. The molecular formula is C64H88Br2ClN5O15. The number of fused-ring (bicyclic) bond motifs is 5. The van der Waals surface area contributed by atoms with Gasteiger partial charge in [0.2, 0.25) is 11.8 Å². The molecule has 5 N–H and O–H groups in total. The average molecular weight is 1360 g/mol. The van der Waals surface area contributed by atoms with E-state index in [0.717, 1.165) is 16.7 Å². The average Bonchev–Trinajstić information content (AvgIpc) is 1.65. The molecule has 2 fully saturated rings. The molecule has 2 aromatic carbocycles. The Morgan fingerprint density at radius 1 is 0.977 bits per heavy atom. The number of hydrogen-bond acceptors (Lipinski definition) is 15. The third-order valence-corrected chi connectivity index (χ3v) is 19.0. The third-order valence-electron chi connectivity index (χ3n) is 17.0. The highest BCUT2D eigenvalue weighted by Crippen LogP contribution is 2.50. The Hall–Kier alpha value is -5.52. The number of likely N-dealkylation sites (N-methyl/N-ethyl adjacent to an activating group) is 1. The molecule has 5 rings (SSSR count). The van der Waals surface area contributed by atoms with E-state index in [0.29, 0.717) is 64.6 Å². The lowest BCUT2D eigenvalue weighted by molar-refractivity contribution is -0.187. The standard InChI is InChI=1S/C64H88Br2ClN5O15/c1-36(2)47(30-46(73)18-13-12-14-24-84-61(80)45(34-65)35-66)58(77)70-48(19-16-23-69-62(68)81)50(74)29-43-21-22-44(27-38(43)4)59(78)71(9)41(7)60(79)86-53-31-54(75)72(10)49-28-42(26-39(5)56(49)67)25-37(3)17-15-20-52(83-11)64(82)32-51(85-55(76)33-64)40(6)57-63(53,8)87-57/h15,17,20-22,26-28,36,40-41,45,47-48,51-53,57,82H,12-14,16,18-19,23-25,29-35H2,1-11H3,(H,70,77)(H3,68,69,81)/b20-15+,37-17+/t40-,41+,47+,48+,51+,52-,53+,57+,63+,64-/m1/s1. The van der Waals surface area contributed by atoms with Crippen molar-refractivity contribution in [3.05, 3.63) is 87.0 Å².